The largest absolute Gasteiger partial charge is 0.497 e. The highest BCUT2D eigenvalue weighted by molar-refractivity contribution is 9.10. The van der Waals surface area contributed by atoms with Gasteiger partial charge >= 0.3 is 17.9 Å². The van der Waals surface area contributed by atoms with Crippen molar-refractivity contribution in [3.8, 4) is 23.0 Å². The Morgan fingerprint density at radius 1 is 0.615 bits per heavy atom. The minimum atomic E-state index is -0.384. The Balaban J connectivity index is 0.000000240. The third kappa shape index (κ3) is 12.3. The van der Waals surface area contributed by atoms with Crippen molar-refractivity contribution in [3.63, 3.8) is 0 Å². The van der Waals surface area contributed by atoms with Crippen molar-refractivity contribution in [2.75, 3.05) is 49.8 Å². The molecule has 1 aliphatic rings. The van der Waals surface area contributed by atoms with E-state index >= 15 is 0 Å². The van der Waals surface area contributed by atoms with Gasteiger partial charge in [-0.2, -0.15) is 0 Å². The first-order valence-electron chi connectivity index (χ1n) is 15.3. The van der Waals surface area contributed by atoms with Crippen LogP contribution in [0.1, 0.15) is 58.1 Å². The molecule has 278 valence electrons. The molecule has 4 aromatic rings. The van der Waals surface area contributed by atoms with Gasteiger partial charge in [0.25, 0.3) is 5.91 Å². The zero-order valence-corrected chi connectivity index (χ0v) is 33.3. The summed E-state index contributed by atoms with van der Waals surface area (Å²) < 4.78 is 34.6. The Hall–Kier alpha value is -5.08. The number of methoxy groups -OCH3 is 7. The monoisotopic (exact) mass is 845 g/mol. The normalized spacial score (nSPS) is 10.5. The average Bonchev–Trinajstić information content (AvgIpc) is 3.56. The number of hydrogen-bond donors (Lipinski definition) is 1. The summed E-state index contributed by atoms with van der Waals surface area (Å²) in [6, 6.07) is 21.3. The molecule has 1 amide bonds. The molecule has 52 heavy (non-hydrogen) atoms. The lowest BCUT2D eigenvalue weighted by molar-refractivity contribution is 0.0590. The molecule has 0 saturated heterocycles. The predicted octanol–water partition coefficient (Wildman–Crippen LogP) is 7.35. The van der Waals surface area contributed by atoms with Crippen LogP contribution in [0.15, 0.2) is 77.3 Å². The van der Waals surface area contributed by atoms with E-state index < -0.39 is 0 Å². The predicted molar refractivity (Wildman–Crippen MR) is 202 cm³/mol. The Morgan fingerprint density at radius 3 is 1.60 bits per heavy atom. The highest BCUT2D eigenvalue weighted by Gasteiger charge is 2.18. The van der Waals surface area contributed by atoms with Crippen molar-refractivity contribution < 1.29 is 52.3 Å². The number of rotatable bonds is 8. The molecular formula is C38H41Br2NO11. The Kier molecular flexibility index (Phi) is 18.2. The lowest BCUT2D eigenvalue weighted by Gasteiger charge is -2.07. The molecule has 0 aliphatic carbocycles. The summed E-state index contributed by atoms with van der Waals surface area (Å²) >= 11 is 6.55. The lowest BCUT2D eigenvalue weighted by atomic mass is 10.1. The molecule has 1 N–H and O–H groups in total. The number of esters is 3. The number of nitrogens with one attached hydrogen (secondary N) is 1. The first-order valence-corrected chi connectivity index (χ1v) is 17.2. The maximum Gasteiger partial charge on any atom is 0.339 e. The highest BCUT2D eigenvalue weighted by Crippen LogP contribution is 2.24. The van der Waals surface area contributed by atoms with Crippen LogP contribution in [0.25, 0.3) is 0 Å². The third-order valence-electron chi connectivity index (χ3n) is 7.30. The minimum absolute atomic E-state index is 0.0103. The number of amides is 1. The van der Waals surface area contributed by atoms with Crippen LogP contribution in [0.5, 0.6) is 23.0 Å². The summed E-state index contributed by atoms with van der Waals surface area (Å²) in [6.45, 7) is 2.49. The molecule has 1 heterocycles. The molecule has 4 aromatic carbocycles. The van der Waals surface area contributed by atoms with Gasteiger partial charge in [-0.05, 0) is 94.1 Å². The smallest absolute Gasteiger partial charge is 0.339 e. The highest BCUT2D eigenvalue weighted by atomic mass is 79.9. The summed E-state index contributed by atoms with van der Waals surface area (Å²) in [7, 11) is 10.3. The molecule has 0 aromatic heterocycles. The van der Waals surface area contributed by atoms with Crippen LogP contribution in [0.2, 0.25) is 0 Å². The Morgan fingerprint density at radius 2 is 1.06 bits per heavy atom. The van der Waals surface area contributed by atoms with Gasteiger partial charge < -0.3 is 38.5 Å². The molecule has 0 atom stereocenters. The first kappa shape index (κ1) is 43.1. The van der Waals surface area contributed by atoms with Gasteiger partial charge in [0.2, 0.25) is 0 Å². The number of alkyl halides is 1. The van der Waals surface area contributed by atoms with Gasteiger partial charge in [0.05, 0.1) is 66.5 Å². The van der Waals surface area contributed by atoms with Gasteiger partial charge in [0.15, 0.2) is 0 Å². The molecule has 0 fully saturated rings. The van der Waals surface area contributed by atoms with Crippen LogP contribution in [0.3, 0.4) is 0 Å². The fraction of sp³-hybridized carbons (Fsp3) is 0.263. The van der Waals surface area contributed by atoms with E-state index in [2.05, 4.69) is 51.4 Å². The number of benzene rings is 4. The molecule has 1 aliphatic heterocycles. The molecule has 0 bridgehead atoms. The number of ether oxygens (including phenoxy) is 7. The average molecular weight is 848 g/mol. The van der Waals surface area contributed by atoms with E-state index in [0.717, 1.165) is 28.0 Å². The van der Waals surface area contributed by atoms with Gasteiger partial charge in [0, 0.05) is 21.9 Å². The fourth-order valence-electron chi connectivity index (χ4n) is 4.37. The quantitative estimate of drug-likeness (QED) is 0.108. The van der Waals surface area contributed by atoms with Crippen molar-refractivity contribution >= 4 is 55.7 Å². The third-order valence-corrected chi connectivity index (χ3v) is 8.59. The van der Waals surface area contributed by atoms with E-state index in [1.807, 2.05) is 43.3 Å². The van der Waals surface area contributed by atoms with Crippen molar-refractivity contribution in [2.45, 2.75) is 18.8 Å². The molecule has 0 radical (unpaired) electrons. The molecule has 5 rings (SSSR count). The van der Waals surface area contributed by atoms with E-state index in [0.29, 0.717) is 50.3 Å². The number of halogens is 2. The molecule has 14 heteroatoms. The molecule has 0 spiro atoms. The van der Waals surface area contributed by atoms with Crippen LogP contribution in [-0.2, 0) is 26.1 Å². The number of hydrogen-bond acceptors (Lipinski definition) is 11. The molecule has 0 saturated carbocycles. The Bertz CT molecular complexity index is 1780. The fourth-order valence-corrected chi connectivity index (χ4v) is 5.27. The zero-order valence-electron chi connectivity index (χ0n) is 30.1. The van der Waals surface area contributed by atoms with E-state index in [4.69, 9.17) is 18.9 Å². The summed E-state index contributed by atoms with van der Waals surface area (Å²) in [5.41, 5.74) is 5.08. The Labute approximate surface area is 319 Å². The van der Waals surface area contributed by atoms with Gasteiger partial charge in [-0.25, -0.2) is 14.4 Å². The standard InChI is InChI=1S/C10H11BrO3.C10H12O3.C9H9BrO3.C9H9NO2/c1-13-8-4-3-7(6-11)9(5-8)10(12)14-2;1-7-4-5-8(12-2)6-9(7)10(11)13-3;1-12-6-3-4-8(10)7(5-6)9(11)13-2;1-12-7-3-2-6-5-10-9(11)8(6)4-7/h3-5H,6H2,1-2H3;4-6H,1-3H3;3-5H,1-2H3;2-4H,5H2,1H3,(H,10,11). The second-order valence-electron chi connectivity index (χ2n) is 10.4. The number of carbonyl (C=O) groups is 4. The SMILES string of the molecule is COC(=O)c1cc(OC)ccc1Br.COC(=O)c1cc(OC)ccc1C.COC(=O)c1cc(OC)ccc1CBr.COc1ccc2c(c1)C(=O)NC2. The van der Waals surface area contributed by atoms with Crippen molar-refractivity contribution in [1.29, 1.82) is 0 Å². The molecular weight excluding hydrogens is 806 g/mol. The summed E-state index contributed by atoms with van der Waals surface area (Å²) in [5.74, 6) is 1.58. The number of carbonyl (C=O) groups excluding carboxylic acids is 4. The first-order chi connectivity index (χ1) is 24.9. The zero-order chi connectivity index (χ0) is 38.8. The van der Waals surface area contributed by atoms with E-state index in [1.54, 1.807) is 64.8 Å². The second-order valence-corrected chi connectivity index (χ2v) is 11.8. The maximum absolute atomic E-state index is 11.4. The van der Waals surface area contributed by atoms with Crippen molar-refractivity contribution in [2.24, 2.45) is 0 Å². The van der Waals surface area contributed by atoms with Gasteiger partial charge in [0.1, 0.15) is 23.0 Å². The minimum Gasteiger partial charge on any atom is -0.497 e. The van der Waals surface area contributed by atoms with Gasteiger partial charge in [-0.15, -0.1) is 0 Å². The summed E-state index contributed by atoms with van der Waals surface area (Å²) in [5, 5.41) is 3.35. The van der Waals surface area contributed by atoms with Crippen molar-refractivity contribution in [3.05, 3.63) is 116 Å². The second kappa shape index (κ2) is 22.0. The van der Waals surface area contributed by atoms with Crippen molar-refractivity contribution in [1.82, 2.24) is 5.32 Å². The van der Waals surface area contributed by atoms with Crippen LogP contribution in [-0.4, -0.2) is 73.6 Å². The van der Waals surface area contributed by atoms with Crippen LogP contribution < -0.4 is 24.3 Å². The van der Waals surface area contributed by atoms with E-state index in [9.17, 15) is 19.2 Å². The van der Waals surface area contributed by atoms with Gasteiger partial charge in [-0.3, -0.25) is 4.79 Å². The van der Waals surface area contributed by atoms with Crippen LogP contribution in [0.4, 0.5) is 0 Å². The van der Waals surface area contributed by atoms with E-state index in [1.165, 1.54) is 21.3 Å². The number of aryl methyl sites for hydroxylation is 1. The number of fused-ring (bicyclic) bond motifs is 1. The molecule has 12 nitrogen and oxygen atoms in total. The molecule has 0 unspecified atom stereocenters. The summed E-state index contributed by atoms with van der Waals surface area (Å²) in [4.78, 5) is 44.9. The maximum atomic E-state index is 11.4. The summed E-state index contributed by atoms with van der Waals surface area (Å²) in [6.07, 6.45) is 0. The van der Waals surface area contributed by atoms with Gasteiger partial charge in [-0.1, -0.05) is 34.1 Å². The van der Waals surface area contributed by atoms with Crippen LogP contribution in [0, 0.1) is 6.92 Å². The topological polar surface area (TPSA) is 145 Å². The van der Waals surface area contributed by atoms with E-state index in [-0.39, 0.29) is 23.8 Å². The van der Waals surface area contributed by atoms with Crippen LogP contribution >= 0.6 is 31.9 Å². The lowest BCUT2D eigenvalue weighted by Crippen LogP contribution is -2.12.